The molecule has 0 bridgehead atoms. The molecule has 74 valence electrons. The molecule has 1 aromatic rings. The largest absolute Gasteiger partial charge is 0.381 e. The molecule has 0 aliphatic heterocycles. The van der Waals surface area contributed by atoms with Gasteiger partial charge in [0.05, 0.1) is 5.69 Å². The van der Waals surface area contributed by atoms with E-state index < -0.39 is 11.9 Å². The Labute approximate surface area is 82.0 Å². The van der Waals surface area contributed by atoms with E-state index in [1.165, 1.54) is 13.3 Å². The van der Waals surface area contributed by atoms with Crippen LogP contribution in [0, 0.1) is 17.7 Å². The predicted octanol–water partition coefficient (Wildman–Crippen LogP) is 0.910. The minimum atomic E-state index is -0.783. The molecular formula is C10H11FN2O. The predicted molar refractivity (Wildman–Crippen MR) is 49.9 cm³/mol. The smallest absolute Gasteiger partial charge is 0.178 e. The second-order valence-electron chi connectivity index (χ2n) is 2.78. The monoisotopic (exact) mass is 194 g/mol. The molecule has 0 aromatic carbocycles. The molecule has 4 heteroatoms. The van der Waals surface area contributed by atoms with Crippen LogP contribution in [0.3, 0.4) is 0 Å². The Morgan fingerprint density at radius 3 is 2.86 bits per heavy atom. The molecule has 1 aromatic heterocycles. The lowest BCUT2D eigenvalue weighted by atomic mass is 10.2. The number of hydrogen-bond donors (Lipinski definition) is 1. The van der Waals surface area contributed by atoms with Crippen LogP contribution in [0.1, 0.15) is 25.2 Å². The van der Waals surface area contributed by atoms with E-state index in [2.05, 4.69) is 21.8 Å². The van der Waals surface area contributed by atoms with E-state index in [1.807, 2.05) is 0 Å². The van der Waals surface area contributed by atoms with Crippen LogP contribution in [0.5, 0.6) is 0 Å². The molecule has 0 saturated carbocycles. The molecule has 1 unspecified atom stereocenters. The maximum absolute atomic E-state index is 13.4. The lowest BCUT2D eigenvalue weighted by Crippen LogP contribution is -2.00. The molecule has 0 aliphatic rings. The van der Waals surface area contributed by atoms with Crippen molar-refractivity contribution in [3.8, 4) is 11.8 Å². The topological polar surface area (TPSA) is 46.0 Å². The maximum atomic E-state index is 13.4. The lowest BCUT2D eigenvalue weighted by Gasteiger charge is -1.98. The fourth-order valence-corrected chi connectivity index (χ4v) is 0.913. The van der Waals surface area contributed by atoms with Crippen molar-refractivity contribution < 1.29 is 9.50 Å². The zero-order chi connectivity index (χ0) is 10.6. The van der Waals surface area contributed by atoms with Crippen LogP contribution in [0.15, 0.2) is 6.33 Å². The Hall–Kier alpha value is -1.47. The Balaban J connectivity index is 3.06. The SMILES string of the molecule is CCc1ncnc(C#CC(C)O)c1F. The molecule has 1 N–H and O–H groups in total. The third kappa shape index (κ3) is 2.51. The van der Waals surface area contributed by atoms with Gasteiger partial charge >= 0.3 is 0 Å². The van der Waals surface area contributed by atoms with Crippen molar-refractivity contribution in [3.63, 3.8) is 0 Å². The standard InChI is InChI=1S/C10H11FN2O/c1-3-8-10(11)9(13-6-12-8)5-4-7(2)14/h6-7,14H,3H2,1-2H3. The second-order valence-corrected chi connectivity index (χ2v) is 2.78. The van der Waals surface area contributed by atoms with Crippen molar-refractivity contribution in [3.05, 3.63) is 23.5 Å². The summed E-state index contributed by atoms with van der Waals surface area (Å²) in [6.45, 7) is 3.31. The maximum Gasteiger partial charge on any atom is 0.178 e. The van der Waals surface area contributed by atoms with Crippen LogP contribution in [-0.2, 0) is 6.42 Å². The minimum Gasteiger partial charge on any atom is -0.381 e. The van der Waals surface area contributed by atoms with Crippen molar-refractivity contribution in [1.29, 1.82) is 0 Å². The van der Waals surface area contributed by atoms with Crippen LogP contribution < -0.4 is 0 Å². The first-order valence-corrected chi connectivity index (χ1v) is 4.34. The van der Waals surface area contributed by atoms with Crippen molar-refractivity contribution in [2.24, 2.45) is 0 Å². The van der Waals surface area contributed by atoms with E-state index >= 15 is 0 Å². The molecule has 0 amide bonds. The van der Waals surface area contributed by atoms with Gasteiger partial charge < -0.3 is 5.11 Å². The molecule has 1 atom stereocenters. The molecule has 1 heterocycles. The summed E-state index contributed by atoms with van der Waals surface area (Å²) in [6, 6.07) is 0. The highest BCUT2D eigenvalue weighted by Crippen LogP contribution is 2.06. The highest BCUT2D eigenvalue weighted by Gasteiger charge is 2.06. The van der Waals surface area contributed by atoms with Gasteiger partial charge in [-0.25, -0.2) is 14.4 Å². The number of rotatable bonds is 1. The van der Waals surface area contributed by atoms with E-state index in [-0.39, 0.29) is 5.69 Å². The van der Waals surface area contributed by atoms with Crippen molar-refractivity contribution in [2.45, 2.75) is 26.4 Å². The number of aliphatic hydroxyl groups excluding tert-OH is 1. The summed E-state index contributed by atoms with van der Waals surface area (Å²) in [5.41, 5.74) is 0.382. The quantitative estimate of drug-likeness (QED) is 0.676. The van der Waals surface area contributed by atoms with Crippen molar-refractivity contribution in [1.82, 2.24) is 9.97 Å². The van der Waals surface area contributed by atoms with Gasteiger partial charge in [-0.05, 0) is 19.3 Å². The number of halogens is 1. The number of aryl methyl sites for hydroxylation is 1. The first-order chi connectivity index (χ1) is 6.65. The van der Waals surface area contributed by atoms with E-state index in [0.29, 0.717) is 12.1 Å². The Morgan fingerprint density at radius 2 is 2.29 bits per heavy atom. The van der Waals surface area contributed by atoms with Gasteiger partial charge in [-0.1, -0.05) is 12.8 Å². The summed E-state index contributed by atoms with van der Waals surface area (Å²) in [7, 11) is 0. The third-order valence-corrected chi connectivity index (χ3v) is 1.60. The van der Waals surface area contributed by atoms with Crippen LogP contribution >= 0.6 is 0 Å². The zero-order valence-electron chi connectivity index (χ0n) is 8.08. The summed E-state index contributed by atoms with van der Waals surface area (Å²) >= 11 is 0. The van der Waals surface area contributed by atoms with Gasteiger partial charge in [0, 0.05) is 0 Å². The first kappa shape index (κ1) is 10.6. The van der Waals surface area contributed by atoms with Gasteiger partial charge in [-0.3, -0.25) is 0 Å². The fourth-order valence-electron chi connectivity index (χ4n) is 0.913. The molecule has 0 saturated heterocycles. The second kappa shape index (κ2) is 4.68. The molecule has 14 heavy (non-hydrogen) atoms. The molecule has 0 radical (unpaired) electrons. The average Bonchev–Trinajstić information content (AvgIpc) is 2.16. The van der Waals surface area contributed by atoms with Crippen molar-refractivity contribution >= 4 is 0 Å². The van der Waals surface area contributed by atoms with E-state index in [9.17, 15) is 4.39 Å². The van der Waals surface area contributed by atoms with Crippen LogP contribution in [0.4, 0.5) is 4.39 Å². The van der Waals surface area contributed by atoms with Gasteiger partial charge in [-0.15, -0.1) is 0 Å². The normalized spacial score (nSPS) is 11.7. The zero-order valence-corrected chi connectivity index (χ0v) is 8.08. The van der Waals surface area contributed by atoms with Crippen LogP contribution in [-0.4, -0.2) is 21.2 Å². The van der Waals surface area contributed by atoms with E-state index in [4.69, 9.17) is 5.11 Å². The van der Waals surface area contributed by atoms with Crippen LogP contribution in [0.25, 0.3) is 0 Å². The minimum absolute atomic E-state index is 0.0396. The molecule has 0 fully saturated rings. The summed E-state index contributed by atoms with van der Waals surface area (Å²) in [4.78, 5) is 7.46. The van der Waals surface area contributed by atoms with Gasteiger partial charge in [-0.2, -0.15) is 0 Å². The fraction of sp³-hybridized carbons (Fsp3) is 0.400. The Kier molecular flexibility index (Phi) is 3.55. The number of aliphatic hydroxyl groups is 1. The lowest BCUT2D eigenvalue weighted by molar-refractivity contribution is 0.253. The summed E-state index contributed by atoms with van der Waals surface area (Å²) < 4.78 is 13.4. The first-order valence-electron chi connectivity index (χ1n) is 4.34. The number of aromatic nitrogens is 2. The molecular weight excluding hydrogens is 183 g/mol. The third-order valence-electron chi connectivity index (χ3n) is 1.60. The summed E-state index contributed by atoms with van der Waals surface area (Å²) in [6.07, 6.45) is 0.987. The Bertz CT molecular complexity index is 379. The Morgan fingerprint density at radius 1 is 1.57 bits per heavy atom. The highest BCUT2D eigenvalue weighted by atomic mass is 19.1. The van der Waals surface area contributed by atoms with Gasteiger partial charge in [0.2, 0.25) is 0 Å². The summed E-state index contributed by atoms with van der Waals surface area (Å²) in [5.74, 6) is 4.39. The van der Waals surface area contributed by atoms with E-state index in [1.54, 1.807) is 6.92 Å². The van der Waals surface area contributed by atoms with Crippen LogP contribution in [0.2, 0.25) is 0 Å². The average molecular weight is 194 g/mol. The summed E-state index contributed by atoms with van der Waals surface area (Å²) in [5, 5.41) is 8.89. The van der Waals surface area contributed by atoms with Gasteiger partial charge in [0.15, 0.2) is 11.5 Å². The number of nitrogens with zero attached hydrogens (tertiary/aromatic N) is 2. The molecule has 3 nitrogen and oxygen atoms in total. The van der Waals surface area contributed by atoms with Crippen molar-refractivity contribution in [2.75, 3.05) is 0 Å². The van der Waals surface area contributed by atoms with Gasteiger partial charge in [0.1, 0.15) is 12.4 Å². The molecule has 0 aliphatic carbocycles. The molecule has 1 rings (SSSR count). The van der Waals surface area contributed by atoms with Gasteiger partial charge in [0.25, 0.3) is 0 Å². The molecule has 0 spiro atoms. The van der Waals surface area contributed by atoms with E-state index in [0.717, 1.165) is 0 Å². The number of hydrogen-bond acceptors (Lipinski definition) is 3. The highest BCUT2D eigenvalue weighted by molar-refractivity contribution is 5.30.